The van der Waals surface area contributed by atoms with Gasteiger partial charge in [-0.2, -0.15) is 0 Å². The van der Waals surface area contributed by atoms with Crippen molar-refractivity contribution in [3.63, 3.8) is 0 Å². The molecule has 0 heterocycles. The Bertz CT molecular complexity index is 839. The van der Waals surface area contributed by atoms with E-state index >= 15 is 0 Å². The summed E-state index contributed by atoms with van der Waals surface area (Å²) < 4.78 is 4.88. The number of carbonyl (C=O) groups is 3. The minimum Gasteiger partial charge on any atom is -0.481 e. The van der Waals surface area contributed by atoms with E-state index in [1.807, 2.05) is 0 Å². The highest BCUT2D eigenvalue weighted by atomic mass is 16.5. The molecule has 0 amide bonds. The standard InChI is InChI=1S/C29H46O6/c1-18(5-12-26(33)35-4)21-8-9-22-20-7-6-19-17-29(34,24(30)10-11-25(31)32)16-15-27(19,2)23(20)13-14-28(21,22)3/h18-23,34H,5-17H2,1-4H3,(H,31,32)/t18-,19?,20+,21-,22+,23+,27+,28-,29-/m1/s1. The van der Waals surface area contributed by atoms with Gasteiger partial charge in [0.1, 0.15) is 5.60 Å². The van der Waals surface area contributed by atoms with Crippen molar-refractivity contribution in [1.82, 2.24) is 0 Å². The van der Waals surface area contributed by atoms with Crippen LogP contribution in [0.25, 0.3) is 0 Å². The summed E-state index contributed by atoms with van der Waals surface area (Å²) in [4.78, 5) is 35.4. The predicted octanol–water partition coefficient (Wildman–Crippen LogP) is 5.40. The molecule has 4 saturated carbocycles. The van der Waals surface area contributed by atoms with Crippen molar-refractivity contribution in [2.24, 2.45) is 46.3 Å². The van der Waals surface area contributed by atoms with Gasteiger partial charge in [-0.3, -0.25) is 14.4 Å². The first-order valence-corrected chi connectivity index (χ1v) is 14.0. The average molecular weight is 491 g/mol. The molecule has 9 atom stereocenters. The summed E-state index contributed by atoms with van der Waals surface area (Å²) in [5.74, 6) is 2.22. The van der Waals surface area contributed by atoms with E-state index in [0.717, 1.165) is 25.2 Å². The van der Waals surface area contributed by atoms with Gasteiger partial charge in [0.15, 0.2) is 5.78 Å². The quantitative estimate of drug-likeness (QED) is 0.442. The van der Waals surface area contributed by atoms with E-state index in [0.29, 0.717) is 54.3 Å². The van der Waals surface area contributed by atoms with Crippen LogP contribution >= 0.6 is 0 Å². The molecule has 1 unspecified atom stereocenters. The van der Waals surface area contributed by atoms with Gasteiger partial charge >= 0.3 is 11.9 Å². The number of esters is 1. The highest BCUT2D eigenvalue weighted by Gasteiger charge is 2.62. The number of aliphatic hydroxyl groups is 1. The Hall–Kier alpha value is -1.43. The van der Waals surface area contributed by atoms with E-state index in [9.17, 15) is 19.5 Å². The van der Waals surface area contributed by atoms with Gasteiger partial charge < -0.3 is 14.9 Å². The fourth-order valence-electron chi connectivity index (χ4n) is 9.58. The second-order valence-electron chi connectivity index (χ2n) is 13.0. The van der Waals surface area contributed by atoms with Crippen molar-refractivity contribution in [2.75, 3.05) is 7.11 Å². The number of carboxylic acid groups (broad SMARTS) is 1. The Morgan fingerprint density at radius 3 is 2.31 bits per heavy atom. The maximum absolute atomic E-state index is 12.7. The molecule has 6 heteroatoms. The first-order valence-electron chi connectivity index (χ1n) is 14.0. The number of ether oxygens (including phenoxy) is 1. The van der Waals surface area contributed by atoms with Crippen molar-refractivity contribution in [2.45, 2.75) is 110 Å². The summed E-state index contributed by atoms with van der Waals surface area (Å²) in [7, 11) is 1.47. The van der Waals surface area contributed by atoms with Crippen molar-refractivity contribution in [3.05, 3.63) is 0 Å². The van der Waals surface area contributed by atoms with Crippen LogP contribution in [0.5, 0.6) is 0 Å². The van der Waals surface area contributed by atoms with Gasteiger partial charge in [0, 0.05) is 12.8 Å². The Kier molecular flexibility index (Phi) is 7.45. The number of aliphatic carboxylic acids is 1. The van der Waals surface area contributed by atoms with Crippen molar-refractivity contribution in [3.8, 4) is 0 Å². The zero-order valence-corrected chi connectivity index (χ0v) is 22.2. The maximum Gasteiger partial charge on any atom is 0.305 e. The van der Waals surface area contributed by atoms with E-state index in [-0.39, 0.29) is 30.0 Å². The first kappa shape index (κ1) is 26.6. The average Bonchev–Trinajstić information content (AvgIpc) is 3.18. The highest BCUT2D eigenvalue weighted by Crippen LogP contribution is 2.69. The summed E-state index contributed by atoms with van der Waals surface area (Å²) in [5, 5.41) is 20.2. The van der Waals surface area contributed by atoms with Crippen LogP contribution < -0.4 is 0 Å². The van der Waals surface area contributed by atoms with E-state index in [1.54, 1.807) is 0 Å². The van der Waals surface area contributed by atoms with Crippen LogP contribution in [-0.4, -0.2) is 40.6 Å². The van der Waals surface area contributed by atoms with Crippen LogP contribution in [0.3, 0.4) is 0 Å². The third kappa shape index (κ3) is 4.69. The normalized spacial score (nSPS) is 43.4. The number of ketones is 1. The maximum atomic E-state index is 12.7. The summed E-state index contributed by atoms with van der Waals surface area (Å²) in [6.07, 6.45) is 10.2. The monoisotopic (exact) mass is 490 g/mol. The molecule has 0 bridgehead atoms. The number of fused-ring (bicyclic) bond motifs is 5. The van der Waals surface area contributed by atoms with Gasteiger partial charge in [0.2, 0.25) is 0 Å². The van der Waals surface area contributed by atoms with Gasteiger partial charge in [0.05, 0.1) is 13.5 Å². The molecule has 4 aliphatic rings. The van der Waals surface area contributed by atoms with Crippen LogP contribution in [-0.2, 0) is 19.1 Å². The summed E-state index contributed by atoms with van der Waals surface area (Å²) in [6, 6.07) is 0. The zero-order valence-electron chi connectivity index (χ0n) is 22.2. The zero-order chi connectivity index (χ0) is 25.6. The molecular formula is C29H46O6. The molecule has 6 nitrogen and oxygen atoms in total. The SMILES string of the molecule is COC(=O)CC[C@@H](C)[C@H]1CC[C@H]2[C@@H]3CCC4C[C@@](O)(C(=O)CCC(=O)O)CC[C@]4(C)[C@H]3CC[C@]12C. The largest absolute Gasteiger partial charge is 0.481 e. The lowest BCUT2D eigenvalue weighted by Gasteiger charge is -2.62. The number of carbonyl (C=O) groups excluding carboxylic acids is 2. The number of hydrogen-bond donors (Lipinski definition) is 2. The van der Waals surface area contributed by atoms with Gasteiger partial charge in [-0.25, -0.2) is 0 Å². The van der Waals surface area contributed by atoms with E-state index < -0.39 is 11.6 Å². The third-order valence-corrected chi connectivity index (χ3v) is 11.6. The molecule has 4 rings (SSSR count). The molecule has 35 heavy (non-hydrogen) atoms. The molecule has 0 spiro atoms. The van der Waals surface area contributed by atoms with E-state index in [1.165, 1.54) is 39.2 Å². The third-order valence-electron chi connectivity index (χ3n) is 11.6. The molecule has 0 aromatic heterocycles. The Labute approximate surface area is 210 Å². The van der Waals surface area contributed by atoms with Gasteiger partial charge in [-0.1, -0.05) is 20.8 Å². The van der Waals surface area contributed by atoms with Gasteiger partial charge in [0.25, 0.3) is 0 Å². The summed E-state index contributed by atoms with van der Waals surface area (Å²) >= 11 is 0. The van der Waals surface area contributed by atoms with Crippen LogP contribution in [0.15, 0.2) is 0 Å². The minimum atomic E-state index is -1.34. The molecule has 4 aliphatic carbocycles. The predicted molar refractivity (Wildman–Crippen MR) is 132 cm³/mol. The fraction of sp³-hybridized carbons (Fsp3) is 0.897. The molecule has 0 aliphatic heterocycles. The molecule has 0 saturated heterocycles. The first-order chi connectivity index (χ1) is 16.4. The number of hydrogen-bond acceptors (Lipinski definition) is 5. The number of Topliss-reactive ketones (excluding diaryl/α,β-unsaturated/α-hetero) is 1. The lowest BCUT2D eigenvalue weighted by Crippen LogP contribution is -2.57. The van der Waals surface area contributed by atoms with Crippen molar-refractivity contribution in [1.29, 1.82) is 0 Å². The van der Waals surface area contributed by atoms with E-state index in [2.05, 4.69) is 20.8 Å². The van der Waals surface area contributed by atoms with Crippen molar-refractivity contribution < 1.29 is 29.3 Å². The smallest absolute Gasteiger partial charge is 0.305 e. The molecule has 0 aromatic rings. The molecule has 198 valence electrons. The van der Waals surface area contributed by atoms with Gasteiger partial charge in [-0.15, -0.1) is 0 Å². The Balaban J connectivity index is 1.44. The second-order valence-corrected chi connectivity index (χ2v) is 13.0. The second kappa shape index (κ2) is 9.79. The van der Waals surface area contributed by atoms with Crippen LogP contribution in [0.4, 0.5) is 0 Å². The molecule has 0 radical (unpaired) electrons. The lowest BCUT2D eigenvalue weighted by atomic mass is 9.43. The van der Waals surface area contributed by atoms with E-state index in [4.69, 9.17) is 9.84 Å². The fourth-order valence-corrected chi connectivity index (χ4v) is 9.58. The Morgan fingerprint density at radius 1 is 0.914 bits per heavy atom. The van der Waals surface area contributed by atoms with Crippen molar-refractivity contribution >= 4 is 17.7 Å². The molecule has 0 aromatic carbocycles. The van der Waals surface area contributed by atoms with Crippen LogP contribution in [0.2, 0.25) is 0 Å². The summed E-state index contributed by atoms with van der Waals surface area (Å²) in [5.41, 5.74) is -0.858. The number of rotatable bonds is 8. The Morgan fingerprint density at radius 2 is 1.63 bits per heavy atom. The summed E-state index contributed by atoms with van der Waals surface area (Å²) in [6.45, 7) is 7.27. The topological polar surface area (TPSA) is 101 Å². The minimum absolute atomic E-state index is 0.0721. The van der Waals surface area contributed by atoms with Gasteiger partial charge in [-0.05, 0) is 111 Å². The molecule has 2 N–H and O–H groups in total. The molecule has 4 fully saturated rings. The number of carboxylic acids is 1. The lowest BCUT2D eigenvalue weighted by molar-refractivity contribution is -0.167. The molecular weight excluding hydrogens is 444 g/mol. The van der Waals surface area contributed by atoms with Crippen LogP contribution in [0.1, 0.15) is 104 Å². The number of methoxy groups -OCH3 is 1. The van der Waals surface area contributed by atoms with Crippen LogP contribution in [0, 0.1) is 46.3 Å². The highest BCUT2D eigenvalue weighted by molar-refractivity contribution is 5.89.